The second-order valence-corrected chi connectivity index (χ2v) is 18.3. The lowest BCUT2D eigenvalue weighted by Gasteiger charge is -2.51. The van der Waals surface area contributed by atoms with Gasteiger partial charge in [-0.25, -0.2) is 9.59 Å². The van der Waals surface area contributed by atoms with Crippen molar-refractivity contribution in [2.75, 3.05) is 38.4 Å². The van der Waals surface area contributed by atoms with Gasteiger partial charge in [-0.15, -0.1) is 0 Å². The number of ether oxygens (including phenoxy) is 4. The minimum Gasteiger partial charge on any atom is -0.494 e. The van der Waals surface area contributed by atoms with Crippen LogP contribution < -0.4 is 19.7 Å². The molecule has 3 aliphatic rings. The highest BCUT2D eigenvalue weighted by molar-refractivity contribution is 6.31. The minimum absolute atomic E-state index is 0.0345. The molecule has 0 aliphatic heterocycles. The lowest BCUT2D eigenvalue weighted by molar-refractivity contribution is -0.174. The van der Waals surface area contributed by atoms with Crippen LogP contribution in [0.2, 0.25) is 5.02 Å². The van der Waals surface area contributed by atoms with E-state index in [2.05, 4.69) is 30.2 Å². The van der Waals surface area contributed by atoms with Crippen molar-refractivity contribution in [1.82, 2.24) is 10.3 Å². The fourth-order valence-corrected chi connectivity index (χ4v) is 10.8. The lowest BCUT2D eigenvalue weighted by atomic mass is 9.59. The topological polar surface area (TPSA) is 116 Å². The summed E-state index contributed by atoms with van der Waals surface area (Å²) in [6, 6.07) is 22.4. The number of fused-ring (bicyclic) bond motifs is 3. The maximum atomic E-state index is 14.5. The van der Waals surface area contributed by atoms with Gasteiger partial charge in [-0.05, 0) is 154 Å². The van der Waals surface area contributed by atoms with Gasteiger partial charge < -0.3 is 24.3 Å². The van der Waals surface area contributed by atoms with Gasteiger partial charge in [-0.3, -0.25) is 14.7 Å². The van der Waals surface area contributed by atoms with E-state index in [0.717, 1.165) is 60.9 Å². The molecule has 14 heteroatoms. The van der Waals surface area contributed by atoms with Crippen LogP contribution in [0.15, 0.2) is 85.1 Å². The summed E-state index contributed by atoms with van der Waals surface area (Å²) in [5, 5.41) is 3.43. The van der Waals surface area contributed by atoms with Crippen molar-refractivity contribution in [1.29, 1.82) is 0 Å². The highest BCUT2D eigenvalue weighted by Gasteiger charge is 2.60. The average molecular weight is 918 g/mol. The van der Waals surface area contributed by atoms with Gasteiger partial charge in [0.15, 0.2) is 0 Å². The second-order valence-electron chi connectivity index (χ2n) is 17.9. The van der Waals surface area contributed by atoms with Crippen LogP contribution in [0.25, 0.3) is 0 Å². The molecule has 0 saturated heterocycles. The number of methoxy groups -OCH3 is 1. The van der Waals surface area contributed by atoms with Gasteiger partial charge in [-0.1, -0.05) is 67.9 Å². The molecule has 1 heterocycles. The third-order valence-corrected chi connectivity index (χ3v) is 14.0. The van der Waals surface area contributed by atoms with Crippen LogP contribution in [0.1, 0.15) is 112 Å². The molecule has 3 aliphatic carbocycles. The van der Waals surface area contributed by atoms with Crippen molar-refractivity contribution in [2.45, 2.75) is 114 Å². The fraction of sp³-hybridized carbons (Fsp3) is 0.490. The van der Waals surface area contributed by atoms with Crippen molar-refractivity contribution in [2.24, 2.45) is 11.8 Å². The third-order valence-electron chi connectivity index (χ3n) is 13.7. The van der Waals surface area contributed by atoms with Gasteiger partial charge in [0, 0.05) is 28.2 Å². The molecule has 1 N–H and O–H groups in total. The van der Waals surface area contributed by atoms with Gasteiger partial charge in [-0.2, -0.15) is 13.2 Å². The average Bonchev–Trinajstić information content (AvgIpc) is 3.58. The van der Waals surface area contributed by atoms with Crippen LogP contribution in [0.4, 0.5) is 18.9 Å². The molecule has 348 valence electrons. The Labute approximate surface area is 384 Å². The van der Waals surface area contributed by atoms with E-state index in [0.29, 0.717) is 62.0 Å². The van der Waals surface area contributed by atoms with Crippen molar-refractivity contribution in [3.05, 3.63) is 118 Å². The molecule has 1 saturated carbocycles. The molecule has 4 aromatic rings. The second kappa shape index (κ2) is 20.6. The normalized spacial score (nSPS) is 22.3. The number of alkyl halides is 3. The van der Waals surface area contributed by atoms with Crippen molar-refractivity contribution < 1.29 is 46.5 Å². The number of nitrogens with zero attached hydrogens (tertiary/aromatic N) is 2. The van der Waals surface area contributed by atoms with Crippen LogP contribution in [-0.2, 0) is 42.1 Å². The Morgan fingerprint density at radius 2 is 1.75 bits per heavy atom. The first-order chi connectivity index (χ1) is 31.2. The Kier molecular flexibility index (Phi) is 15.1. The SMILES string of the molecule is CCOC(=O)[C@H](NCCCOc1ccc2c(c1)C1(CCC(C(=O)OC)(N(C(=O)C(F)(F)F)c3cccc(Cl)c3)CC1)[C@@H](C[C@@H](C)COc1ccnc3c1[C@H](C)CCC3)C2)c1ccccc1. The van der Waals surface area contributed by atoms with Crippen molar-refractivity contribution in [3.63, 3.8) is 0 Å². The molecular formula is C51H59ClF3N3O7. The van der Waals surface area contributed by atoms with E-state index in [4.69, 9.17) is 30.5 Å². The van der Waals surface area contributed by atoms with E-state index in [9.17, 15) is 27.6 Å². The molecule has 0 radical (unpaired) electrons. The number of benzene rings is 3. The first-order valence-electron chi connectivity index (χ1n) is 22.8. The minimum atomic E-state index is -5.29. The molecule has 4 atom stereocenters. The number of pyridine rings is 1. The number of esters is 2. The standard InChI is InChI=1S/C51H59ClF3N3O7/c1-5-63-46(59)45(35-13-7-6-8-14-35)57-25-11-27-64-40-19-18-36-29-37(28-33(2)32-65-43-20-26-56-42-17-9-12-34(3)44(42)43)49(41(36)31-40)21-23-50(24-22-49,48(61)62-4)58(47(60)51(53,54)55)39-16-10-15-38(52)30-39/h6-8,10,13-16,18-20,26,30-31,33-34,37,45,57H,5,9,11-12,17,21-25,27-29,32H2,1-4H3/t33-,34-,37+,45-,49?,50?/m1/s1. The first-order valence-corrected chi connectivity index (χ1v) is 23.2. The number of nitrogens with one attached hydrogen (secondary N) is 1. The third kappa shape index (κ3) is 10.3. The maximum Gasteiger partial charge on any atom is 0.471 e. The lowest BCUT2D eigenvalue weighted by Crippen LogP contribution is -2.63. The Bertz CT molecular complexity index is 2300. The number of anilines is 1. The number of rotatable bonds is 17. The largest absolute Gasteiger partial charge is 0.494 e. The Balaban J connectivity index is 1.14. The summed E-state index contributed by atoms with van der Waals surface area (Å²) in [6.45, 7) is 7.70. The first kappa shape index (κ1) is 47.8. The van der Waals surface area contributed by atoms with Crippen LogP contribution in [0.5, 0.6) is 11.5 Å². The van der Waals surface area contributed by atoms with Gasteiger partial charge in [0.1, 0.15) is 23.1 Å². The molecule has 1 spiro atoms. The quantitative estimate of drug-likeness (QED) is 0.0816. The summed E-state index contributed by atoms with van der Waals surface area (Å²) < 4.78 is 67.1. The zero-order chi connectivity index (χ0) is 46.4. The molecule has 1 amide bonds. The van der Waals surface area contributed by atoms with E-state index in [1.165, 1.54) is 29.8 Å². The molecule has 10 nitrogen and oxygen atoms in total. The van der Waals surface area contributed by atoms with Crippen LogP contribution in [0.3, 0.4) is 0 Å². The van der Waals surface area contributed by atoms with E-state index in [-0.39, 0.29) is 48.0 Å². The monoisotopic (exact) mass is 917 g/mol. The fourth-order valence-electron chi connectivity index (χ4n) is 10.6. The Morgan fingerprint density at radius 1 is 0.985 bits per heavy atom. The number of aryl methyl sites for hydroxylation is 1. The summed E-state index contributed by atoms with van der Waals surface area (Å²) in [7, 11) is 1.14. The Hall–Kier alpha value is -5.14. The van der Waals surface area contributed by atoms with Crippen LogP contribution in [0, 0.1) is 11.8 Å². The summed E-state index contributed by atoms with van der Waals surface area (Å²) >= 11 is 6.28. The highest BCUT2D eigenvalue weighted by Crippen LogP contribution is 2.58. The molecular weight excluding hydrogens is 859 g/mol. The molecule has 1 fully saturated rings. The number of amides is 1. The number of hydrogen-bond acceptors (Lipinski definition) is 9. The summed E-state index contributed by atoms with van der Waals surface area (Å²) in [6.07, 6.45) is 2.09. The van der Waals surface area contributed by atoms with E-state index < -0.39 is 35.0 Å². The molecule has 3 aromatic carbocycles. The maximum absolute atomic E-state index is 14.5. The van der Waals surface area contributed by atoms with E-state index >= 15 is 0 Å². The number of hydrogen-bond donors (Lipinski definition) is 1. The molecule has 1 aromatic heterocycles. The summed E-state index contributed by atoms with van der Waals surface area (Å²) in [5.74, 6) is -1.46. The predicted molar refractivity (Wildman–Crippen MR) is 242 cm³/mol. The number of carbonyl (C=O) groups is 3. The van der Waals surface area contributed by atoms with Gasteiger partial charge in [0.05, 0.1) is 26.9 Å². The van der Waals surface area contributed by atoms with Gasteiger partial charge in [0.25, 0.3) is 0 Å². The number of halogens is 4. The zero-order valence-corrected chi connectivity index (χ0v) is 38.3. The smallest absolute Gasteiger partial charge is 0.471 e. The molecule has 65 heavy (non-hydrogen) atoms. The molecule has 0 bridgehead atoms. The van der Waals surface area contributed by atoms with Crippen LogP contribution >= 0.6 is 11.6 Å². The highest BCUT2D eigenvalue weighted by atomic mass is 35.5. The van der Waals surface area contributed by atoms with E-state index in [1.54, 1.807) is 6.92 Å². The zero-order valence-electron chi connectivity index (χ0n) is 37.6. The van der Waals surface area contributed by atoms with Gasteiger partial charge in [0.2, 0.25) is 0 Å². The number of carbonyl (C=O) groups excluding carboxylic acids is 3. The predicted octanol–water partition coefficient (Wildman–Crippen LogP) is 10.4. The molecule has 7 rings (SSSR count). The summed E-state index contributed by atoms with van der Waals surface area (Å²) in [4.78, 5) is 45.5. The van der Waals surface area contributed by atoms with E-state index in [1.807, 2.05) is 54.7 Å². The van der Waals surface area contributed by atoms with Crippen molar-refractivity contribution in [3.8, 4) is 11.5 Å². The number of aromatic nitrogens is 1. The Morgan fingerprint density at radius 3 is 2.46 bits per heavy atom. The molecule has 0 unspecified atom stereocenters. The van der Waals surface area contributed by atoms with Crippen molar-refractivity contribution >= 4 is 35.1 Å². The van der Waals surface area contributed by atoms with Crippen LogP contribution in [-0.4, -0.2) is 68.0 Å². The summed E-state index contributed by atoms with van der Waals surface area (Å²) in [5.41, 5.74) is 2.55. The van der Waals surface area contributed by atoms with Gasteiger partial charge >= 0.3 is 24.0 Å².